The molecule has 0 spiro atoms. The molecule has 0 bridgehead atoms. The predicted octanol–water partition coefficient (Wildman–Crippen LogP) is -0.454. The van der Waals surface area contributed by atoms with E-state index in [-0.39, 0.29) is 14.5 Å². The Labute approximate surface area is 58.6 Å². The number of nitrogens with zero attached hydrogens (tertiary/aromatic N) is 1. The zero-order chi connectivity index (χ0) is 6.85. The van der Waals surface area contributed by atoms with Crippen molar-refractivity contribution < 1.29 is 4.79 Å². The molecule has 3 nitrogen and oxygen atoms in total. The maximum absolute atomic E-state index is 10.4. The van der Waals surface area contributed by atoms with Crippen LogP contribution in [0.3, 0.4) is 0 Å². The molecule has 0 saturated heterocycles. The standard InChI is InChI=1S/C5H6N2OSe/c1-3-7-4(2-9-3)5(6)8/h2H,1H3,(H2,6,8). The van der Waals surface area contributed by atoms with E-state index in [1.807, 2.05) is 6.92 Å². The fourth-order valence-electron chi connectivity index (χ4n) is 0.477. The van der Waals surface area contributed by atoms with Gasteiger partial charge in [-0.05, 0) is 0 Å². The van der Waals surface area contributed by atoms with Crippen LogP contribution in [0.5, 0.6) is 0 Å². The minimum absolute atomic E-state index is 0.268. The summed E-state index contributed by atoms with van der Waals surface area (Å²) in [6, 6.07) is 0. The Kier molecular flexibility index (Phi) is 1.69. The van der Waals surface area contributed by atoms with Crippen LogP contribution >= 0.6 is 0 Å². The summed E-state index contributed by atoms with van der Waals surface area (Å²) < 4.78 is 1.01. The number of carbonyl (C=O) groups is 1. The molecule has 1 amide bonds. The molecular weight excluding hydrogens is 183 g/mol. The summed E-state index contributed by atoms with van der Waals surface area (Å²) >= 11 is 0.268. The first-order valence-corrected chi connectivity index (χ1v) is 4.26. The molecule has 0 aliphatic carbocycles. The summed E-state index contributed by atoms with van der Waals surface area (Å²) in [5.41, 5.74) is 5.38. The number of hydrogen-bond donors (Lipinski definition) is 1. The van der Waals surface area contributed by atoms with Gasteiger partial charge in [0.05, 0.1) is 0 Å². The Balaban J connectivity index is 2.98. The topological polar surface area (TPSA) is 56.0 Å². The van der Waals surface area contributed by atoms with Crippen molar-refractivity contribution >= 4 is 20.4 Å². The molecule has 0 saturated carbocycles. The molecule has 2 N–H and O–H groups in total. The van der Waals surface area contributed by atoms with Crippen molar-refractivity contribution in [3.63, 3.8) is 0 Å². The SMILES string of the molecule is Cc1nc(C(N)=O)c[se]1. The minimum atomic E-state index is -0.422. The number of rotatable bonds is 1. The molecule has 0 fully saturated rings. The van der Waals surface area contributed by atoms with Crippen LogP contribution in [0.25, 0.3) is 0 Å². The van der Waals surface area contributed by atoms with Crippen LogP contribution in [0.4, 0.5) is 0 Å². The van der Waals surface area contributed by atoms with Crippen molar-refractivity contribution in [1.82, 2.24) is 4.98 Å². The Morgan fingerprint density at radius 3 is 2.78 bits per heavy atom. The summed E-state index contributed by atoms with van der Waals surface area (Å²) in [5, 5.41) is 0. The van der Waals surface area contributed by atoms with E-state index in [2.05, 4.69) is 4.98 Å². The maximum atomic E-state index is 10.4. The van der Waals surface area contributed by atoms with E-state index in [9.17, 15) is 4.79 Å². The van der Waals surface area contributed by atoms with Gasteiger partial charge in [0, 0.05) is 0 Å². The number of aryl methyl sites for hydroxylation is 1. The van der Waals surface area contributed by atoms with Crippen LogP contribution in [-0.2, 0) is 0 Å². The van der Waals surface area contributed by atoms with E-state index in [1.54, 1.807) is 4.94 Å². The average Bonchev–Trinajstić information content (AvgIpc) is 2.14. The van der Waals surface area contributed by atoms with Crippen LogP contribution < -0.4 is 5.73 Å². The average molecular weight is 189 g/mol. The van der Waals surface area contributed by atoms with Gasteiger partial charge in [0.2, 0.25) is 0 Å². The van der Waals surface area contributed by atoms with Crippen LogP contribution in [0.15, 0.2) is 4.94 Å². The molecule has 4 heteroatoms. The molecule has 48 valence electrons. The van der Waals surface area contributed by atoms with Crippen molar-refractivity contribution in [3.8, 4) is 0 Å². The van der Waals surface area contributed by atoms with E-state index in [4.69, 9.17) is 5.73 Å². The Bertz CT molecular complexity index is 231. The van der Waals surface area contributed by atoms with Gasteiger partial charge in [-0.3, -0.25) is 0 Å². The van der Waals surface area contributed by atoms with Gasteiger partial charge in [-0.1, -0.05) is 0 Å². The monoisotopic (exact) mass is 190 g/mol. The molecule has 0 aliphatic heterocycles. The summed E-state index contributed by atoms with van der Waals surface area (Å²) in [6.07, 6.45) is 0. The van der Waals surface area contributed by atoms with Crippen molar-refractivity contribution in [2.45, 2.75) is 6.92 Å². The van der Waals surface area contributed by atoms with Crippen molar-refractivity contribution in [2.24, 2.45) is 5.73 Å². The first kappa shape index (κ1) is 6.52. The molecule has 0 radical (unpaired) electrons. The number of nitrogens with two attached hydrogens (primary N) is 1. The Morgan fingerprint density at radius 1 is 1.89 bits per heavy atom. The van der Waals surface area contributed by atoms with Crippen molar-refractivity contribution in [1.29, 1.82) is 0 Å². The van der Waals surface area contributed by atoms with Crippen molar-refractivity contribution in [3.05, 3.63) is 15.2 Å². The van der Waals surface area contributed by atoms with E-state index < -0.39 is 5.91 Å². The van der Waals surface area contributed by atoms with E-state index in [0.29, 0.717) is 5.69 Å². The second kappa shape index (κ2) is 2.33. The number of carbonyl (C=O) groups excluding carboxylic acids is 1. The Hall–Kier alpha value is -0.601. The van der Waals surface area contributed by atoms with E-state index >= 15 is 0 Å². The fraction of sp³-hybridized carbons (Fsp3) is 0.200. The number of aromatic nitrogens is 1. The zero-order valence-corrected chi connectivity index (χ0v) is 6.63. The van der Waals surface area contributed by atoms with Gasteiger partial charge in [0.25, 0.3) is 0 Å². The third-order valence-corrected chi connectivity index (χ3v) is 2.49. The van der Waals surface area contributed by atoms with Crippen LogP contribution in [0.1, 0.15) is 15.1 Å². The molecule has 0 aromatic carbocycles. The van der Waals surface area contributed by atoms with Gasteiger partial charge in [-0.25, -0.2) is 0 Å². The number of amides is 1. The number of primary amides is 1. The molecule has 0 atom stereocenters. The first-order chi connectivity index (χ1) is 4.20. The van der Waals surface area contributed by atoms with Gasteiger partial charge in [0.15, 0.2) is 0 Å². The third kappa shape index (κ3) is 1.40. The molecule has 1 aromatic heterocycles. The zero-order valence-electron chi connectivity index (χ0n) is 4.92. The van der Waals surface area contributed by atoms with Gasteiger partial charge in [-0.2, -0.15) is 0 Å². The Morgan fingerprint density at radius 2 is 2.56 bits per heavy atom. The molecule has 1 rings (SSSR count). The second-order valence-electron chi connectivity index (χ2n) is 1.62. The van der Waals surface area contributed by atoms with E-state index in [0.717, 1.165) is 4.57 Å². The van der Waals surface area contributed by atoms with E-state index in [1.165, 1.54) is 0 Å². The number of hydrogen-bond acceptors (Lipinski definition) is 2. The quantitative estimate of drug-likeness (QED) is 0.608. The van der Waals surface area contributed by atoms with Crippen LogP contribution in [-0.4, -0.2) is 25.4 Å². The summed E-state index contributed by atoms with van der Waals surface area (Å²) in [4.78, 5) is 16.1. The van der Waals surface area contributed by atoms with Crippen LogP contribution in [0, 0.1) is 6.92 Å². The third-order valence-electron chi connectivity index (χ3n) is 0.871. The molecule has 0 unspecified atom stereocenters. The van der Waals surface area contributed by atoms with Gasteiger partial charge in [-0.15, -0.1) is 0 Å². The molecule has 9 heavy (non-hydrogen) atoms. The molecular formula is C5H6N2OSe. The normalized spacial score (nSPS) is 9.44. The van der Waals surface area contributed by atoms with Crippen molar-refractivity contribution in [2.75, 3.05) is 0 Å². The second-order valence-corrected chi connectivity index (χ2v) is 3.84. The predicted molar refractivity (Wildman–Crippen MR) is 34.4 cm³/mol. The van der Waals surface area contributed by atoms with Gasteiger partial charge < -0.3 is 0 Å². The summed E-state index contributed by atoms with van der Waals surface area (Å²) in [5.74, 6) is -0.422. The molecule has 0 aliphatic rings. The fourth-order valence-corrected chi connectivity index (χ4v) is 1.74. The van der Waals surface area contributed by atoms with Gasteiger partial charge >= 0.3 is 58.0 Å². The first-order valence-electron chi connectivity index (χ1n) is 2.42. The molecule has 1 heterocycles. The summed E-state index contributed by atoms with van der Waals surface area (Å²) in [7, 11) is 0. The molecule has 1 aromatic rings. The summed E-state index contributed by atoms with van der Waals surface area (Å²) in [6.45, 7) is 1.90. The van der Waals surface area contributed by atoms with Gasteiger partial charge in [0.1, 0.15) is 0 Å². The van der Waals surface area contributed by atoms with Crippen LogP contribution in [0.2, 0.25) is 0 Å².